The molecule has 2 fully saturated rings. The first kappa shape index (κ1) is 13.2. The van der Waals surface area contributed by atoms with Gasteiger partial charge in [-0.3, -0.25) is 0 Å². The van der Waals surface area contributed by atoms with Gasteiger partial charge >= 0.3 is 0 Å². The third-order valence-corrected chi connectivity index (χ3v) is 5.14. The number of nitrogens with one attached hydrogen (secondary N) is 1. The first-order valence-corrected chi connectivity index (χ1v) is 7.14. The van der Waals surface area contributed by atoms with Crippen LogP contribution >= 0.6 is 0 Å². The maximum absolute atomic E-state index is 12.2. The second-order valence-corrected chi connectivity index (χ2v) is 7.99. The Morgan fingerprint density at radius 2 is 2.24 bits per heavy atom. The number of rotatable bonds is 5. The van der Waals surface area contributed by atoms with E-state index < -0.39 is 11.0 Å². The summed E-state index contributed by atoms with van der Waals surface area (Å²) in [5, 5.41) is 3.46. The Labute approximate surface area is 106 Å². The number of hydrogen-bond donors (Lipinski definition) is 1. The van der Waals surface area contributed by atoms with Crippen LogP contribution in [-0.4, -0.2) is 51.1 Å². The molecule has 1 N–H and O–H groups in total. The molecule has 2 aliphatic heterocycles. The molecule has 5 heteroatoms. The minimum Gasteiger partial charge on any atom is -0.377 e. The van der Waals surface area contributed by atoms with Crippen LogP contribution in [0.1, 0.15) is 20.8 Å². The predicted octanol–water partition coefficient (Wildman–Crippen LogP) is 0.677. The molecular formula is C12H22N2O2S. The van der Waals surface area contributed by atoms with Gasteiger partial charge in [0, 0.05) is 13.1 Å². The van der Waals surface area contributed by atoms with E-state index in [1.54, 1.807) is 0 Å². The smallest absolute Gasteiger partial charge is 0.100 e. The van der Waals surface area contributed by atoms with Crippen LogP contribution in [0, 0.1) is 0 Å². The third-order valence-electron chi connectivity index (χ3n) is 3.26. The van der Waals surface area contributed by atoms with Crippen molar-refractivity contribution < 1.29 is 8.95 Å². The van der Waals surface area contributed by atoms with Crippen LogP contribution in [0.15, 0.2) is 12.7 Å². The van der Waals surface area contributed by atoms with Gasteiger partial charge in [0.05, 0.1) is 29.5 Å². The predicted molar refractivity (Wildman–Crippen MR) is 70.1 cm³/mol. The molecule has 4 nitrogen and oxygen atoms in total. The Hall–Kier alpha value is -0.230. The van der Waals surface area contributed by atoms with Crippen LogP contribution in [0.5, 0.6) is 0 Å². The third kappa shape index (κ3) is 2.47. The summed E-state index contributed by atoms with van der Waals surface area (Å²) in [6, 6.07) is 0.344. The lowest BCUT2D eigenvalue weighted by atomic mass is 9.93. The SMILES string of the molecule is C=CCNC1(C2CN2S(=O)C(C)(C)C)COC1. The van der Waals surface area contributed by atoms with Crippen molar-refractivity contribution in [2.75, 3.05) is 26.3 Å². The topological polar surface area (TPSA) is 41.3 Å². The Morgan fingerprint density at radius 3 is 2.65 bits per heavy atom. The zero-order valence-electron chi connectivity index (χ0n) is 10.9. The lowest BCUT2D eigenvalue weighted by Gasteiger charge is -2.42. The summed E-state index contributed by atoms with van der Waals surface area (Å²) in [6.45, 7) is 12.9. The van der Waals surface area contributed by atoms with Crippen molar-refractivity contribution in [1.82, 2.24) is 9.62 Å². The normalized spacial score (nSPS) is 32.6. The maximum Gasteiger partial charge on any atom is 0.100 e. The van der Waals surface area contributed by atoms with Gasteiger partial charge in [-0.2, -0.15) is 0 Å². The summed E-state index contributed by atoms with van der Waals surface area (Å²) in [7, 11) is -0.916. The van der Waals surface area contributed by atoms with E-state index in [0.717, 1.165) is 13.1 Å². The van der Waals surface area contributed by atoms with Gasteiger partial charge in [-0.25, -0.2) is 8.51 Å². The Bertz CT molecular complexity index is 334. The fourth-order valence-electron chi connectivity index (χ4n) is 2.12. The molecular weight excluding hydrogens is 236 g/mol. The molecule has 3 atom stereocenters. The highest BCUT2D eigenvalue weighted by atomic mass is 32.2. The highest BCUT2D eigenvalue weighted by Crippen LogP contribution is 2.38. The first-order chi connectivity index (χ1) is 7.91. The van der Waals surface area contributed by atoms with Crippen LogP contribution in [0.3, 0.4) is 0 Å². The van der Waals surface area contributed by atoms with Gasteiger partial charge in [-0.05, 0) is 20.8 Å². The van der Waals surface area contributed by atoms with Gasteiger partial charge in [-0.1, -0.05) is 6.08 Å². The van der Waals surface area contributed by atoms with Crippen LogP contribution < -0.4 is 5.32 Å². The van der Waals surface area contributed by atoms with E-state index in [9.17, 15) is 4.21 Å². The molecule has 3 unspecified atom stereocenters. The van der Waals surface area contributed by atoms with E-state index in [0.29, 0.717) is 19.3 Å². The van der Waals surface area contributed by atoms with Gasteiger partial charge in [0.2, 0.25) is 0 Å². The lowest BCUT2D eigenvalue weighted by Crippen LogP contribution is -2.65. The van der Waals surface area contributed by atoms with Gasteiger partial charge < -0.3 is 10.1 Å². The molecule has 0 aromatic heterocycles. The molecule has 2 saturated heterocycles. The monoisotopic (exact) mass is 258 g/mol. The largest absolute Gasteiger partial charge is 0.377 e. The van der Waals surface area contributed by atoms with E-state index in [4.69, 9.17) is 4.74 Å². The summed E-state index contributed by atoms with van der Waals surface area (Å²) >= 11 is 0. The molecule has 0 aromatic rings. The standard InChI is InChI=1S/C12H22N2O2S/c1-5-6-13-12(8-16-9-12)10-7-14(10)17(15)11(2,3)4/h5,10,13H,1,6-9H2,2-4H3. The van der Waals surface area contributed by atoms with Crippen molar-refractivity contribution in [2.45, 2.75) is 37.1 Å². The molecule has 0 aliphatic carbocycles. The molecule has 0 spiro atoms. The van der Waals surface area contributed by atoms with Gasteiger partial charge in [-0.15, -0.1) is 6.58 Å². The summed E-state index contributed by atoms with van der Waals surface area (Å²) in [6.07, 6.45) is 1.85. The summed E-state index contributed by atoms with van der Waals surface area (Å²) < 4.78 is 19.5. The highest BCUT2D eigenvalue weighted by Gasteiger charge is 2.58. The number of hydrogen-bond acceptors (Lipinski definition) is 3. The average molecular weight is 258 g/mol. The first-order valence-electron chi connectivity index (χ1n) is 6.03. The maximum atomic E-state index is 12.2. The molecule has 17 heavy (non-hydrogen) atoms. The van der Waals surface area contributed by atoms with Crippen molar-refractivity contribution in [3.05, 3.63) is 12.7 Å². The van der Waals surface area contributed by atoms with E-state index in [2.05, 4.69) is 16.2 Å². The molecule has 0 bridgehead atoms. The minimum absolute atomic E-state index is 0.00486. The summed E-state index contributed by atoms with van der Waals surface area (Å²) in [5.41, 5.74) is -0.00486. The van der Waals surface area contributed by atoms with Crippen molar-refractivity contribution in [3.8, 4) is 0 Å². The van der Waals surface area contributed by atoms with Crippen LogP contribution in [-0.2, 0) is 15.7 Å². The molecule has 0 aromatic carbocycles. The molecule has 0 radical (unpaired) electrons. The second-order valence-electron chi connectivity index (χ2n) is 5.80. The van der Waals surface area contributed by atoms with Crippen LogP contribution in [0.4, 0.5) is 0 Å². The van der Waals surface area contributed by atoms with Gasteiger partial charge in [0.1, 0.15) is 11.0 Å². The molecule has 0 amide bonds. The van der Waals surface area contributed by atoms with Crippen LogP contribution in [0.25, 0.3) is 0 Å². The molecule has 0 saturated carbocycles. The van der Waals surface area contributed by atoms with Crippen molar-refractivity contribution >= 4 is 11.0 Å². The summed E-state index contributed by atoms with van der Waals surface area (Å²) in [4.78, 5) is 0. The minimum atomic E-state index is -0.916. The zero-order chi connectivity index (χ0) is 12.7. The van der Waals surface area contributed by atoms with E-state index in [-0.39, 0.29) is 10.3 Å². The fraction of sp³-hybridized carbons (Fsp3) is 0.833. The second kappa shape index (κ2) is 4.46. The molecule has 2 rings (SSSR count). The molecule has 2 aliphatic rings. The van der Waals surface area contributed by atoms with Crippen molar-refractivity contribution in [3.63, 3.8) is 0 Å². The van der Waals surface area contributed by atoms with E-state index in [1.807, 2.05) is 26.8 Å². The number of nitrogens with zero attached hydrogens (tertiary/aromatic N) is 1. The zero-order valence-corrected chi connectivity index (χ0v) is 11.7. The van der Waals surface area contributed by atoms with E-state index in [1.165, 1.54) is 0 Å². The Balaban J connectivity index is 1.97. The van der Waals surface area contributed by atoms with Gasteiger partial charge in [0.25, 0.3) is 0 Å². The highest BCUT2D eigenvalue weighted by molar-refractivity contribution is 7.84. The number of ether oxygens (including phenoxy) is 1. The molecule has 2 heterocycles. The quantitative estimate of drug-likeness (QED) is 0.582. The van der Waals surface area contributed by atoms with Crippen molar-refractivity contribution in [1.29, 1.82) is 0 Å². The van der Waals surface area contributed by atoms with Gasteiger partial charge in [0.15, 0.2) is 0 Å². The average Bonchev–Trinajstić information content (AvgIpc) is 2.94. The summed E-state index contributed by atoms with van der Waals surface area (Å²) in [5.74, 6) is 0. The van der Waals surface area contributed by atoms with E-state index >= 15 is 0 Å². The van der Waals surface area contributed by atoms with Crippen LogP contribution in [0.2, 0.25) is 0 Å². The Morgan fingerprint density at radius 1 is 1.59 bits per heavy atom. The molecule has 98 valence electrons. The lowest BCUT2D eigenvalue weighted by molar-refractivity contribution is -0.0756. The Kier molecular flexibility index (Phi) is 3.47. The fourth-order valence-corrected chi connectivity index (χ4v) is 3.53. The van der Waals surface area contributed by atoms with Crippen molar-refractivity contribution in [2.24, 2.45) is 0 Å².